The molecule has 0 radical (unpaired) electrons. The maximum atomic E-state index is 5.76. The molecular weight excluding hydrogens is 150 g/mol. The first-order chi connectivity index (χ1) is 5.54. The normalized spacial score (nSPS) is 18.8. The second-order valence-electron chi connectivity index (χ2n) is 3.83. The molecule has 2 atom stereocenters. The Morgan fingerprint density at radius 2 is 2.00 bits per heavy atom. The minimum Gasteiger partial charge on any atom is -0.375 e. The van der Waals surface area contributed by atoms with E-state index in [0.717, 1.165) is 25.9 Å². The predicted octanol–water partition coefficient (Wildman–Crippen LogP) is 2.32. The van der Waals surface area contributed by atoms with Crippen molar-refractivity contribution in [2.45, 2.75) is 58.6 Å². The van der Waals surface area contributed by atoms with Crippen molar-refractivity contribution in [3.63, 3.8) is 0 Å². The van der Waals surface area contributed by atoms with E-state index >= 15 is 0 Å². The van der Waals surface area contributed by atoms with Gasteiger partial charge >= 0.3 is 0 Å². The molecular formula is C10H23NO. The van der Waals surface area contributed by atoms with Gasteiger partial charge in [0.05, 0.1) is 5.60 Å². The van der Waals surface area contributed by atoms with Crippen LogP contribution >= 0.6 is 0 Å². The Morgan fingerprint density at radius 1 is 1.42 bits per heavy atom. The van der Waals surface area contributed by atoms with Crippen molar-refractivity contribution in [3.8, 4) is 0 Å². The Balaban J connectivity index is 3.86. The number of hydrogen-bond donors (Lipinski definition) is 1. The van der Waals surface area contributed by atoms with Gasteiger partial charge in [0, 0.05) is 12.6 Å². The summed E-state index contributed by atoms with van der Waals surface area (Å²) in [7, 11) is 0. The van der Waals surface area contributed by atoms with Crippen LogP contribution in [0.2, 0.25) is 0 Å². The van der Waals surface area contributed by atoms with Crippen LogP contribution in [-0.4, -0.2) is 18.2 Å². The van der Waals surface area contributed by atoms with Gasteiger partial charge < -0.3 is 10.5 Å². The highest BCUT2D eigenvalue weighted by molar-refractivity contribution is 4.77. The lowest BCUT2D eigenvalue weighted by Crippen LogP contribution is -2.35. The standard InChI is InChI=1S/C10H23NO/c1-5-7-12-10(4,6-2)8-9(3)11/h9H,5-8,11H2,1-4H3. The molecule has 2 unspecified atom stereocenters. The molecule has 0 aromatic heterocycles. The average molecular weight is 173 g/mol. The topological polar surface area (TPSA) is 35.2 Å². The summed E-state index contributed by atoms with van der Waals surface area (Å²) in [6.07, 6.45) is 3.06. The van der Waals surface area contributed by atoms with Crippen LogP contribution in [0, 0.1) is 0 Å². The molecule has 0 fully saturated rings. The Morgan fingerprint density at radius 3 is 2.33 bits per heavy atom. The van der Waals surface area contributed by atoms with E-state index in [0.29, 0.717) is 0 Å². The fourth-order valence-electron chi connectivity index (χ4n) is 1.33. The number of rotatable bonds is 6. The second kappa shape index (κ2) is 5.55. The first-order valence-corrected chi connectivity index (χ1v) is 4.93. The van der Waals surface area contributed by atoms with Crippen molar-refractivity contribution in [1.29, 1.82) is 0 Å². The molecule has 2 N–H and O–H groups in total. The van der Waals surface area contributed by atoms with E-state index in [1.807, 2.05) is 6.92 Å². The molecule has 0 aromatic rings. The van der Waals surface area contributed by atoms with Crippen LogP contribution in [0.25, 0.3) is 0 Å². The van der Waals surface area contributed by atoms with Gasteiger partial charge in [0.2, 0.25) is 0 Å². The van der Waals surface area contributed by atoms with Crippen molar-refractivity contribution >= 4 is 0 Å². The minimum atomic E-state index is -0.00975. The molecule has 0 rings (SSSR count). The maximum Gasteiger partial charge on any atom is 0.0666 e. The zero-order chi connectivity index (χ0) is 9.61. The van der Waals surface area contributed by atoms with Crippen LogP contribution < -0.4 is 5.73 Å². The van der Waals surface area contributed by atoms with E-state index in [4.69, 9.17) is 10.5 Å². The van der Waals surface area contributed by atoms with Crippen LogP contribution in [0.5, 0.6) is 0 Å². The third-order valence-electron chi connectivity index (χ3n) is 2.16. The van der Waals surface area contributed by atoms with Gasteiger partial charge in [-0.15, -0.1) is 0 Å². The lowest BCUT2D eigenvalue weighted by molar-refractivity contribution is -0.0431. The Kier molecular flexibility index (Phi) is 5.51. The van der Waals surface area contributed by atoms with Gasteiger partial charge in [-0.25, -0.2) is 0 Å². The van der Waals surface area contributed by atoms with E-state index in [1.165, 1.54) is 0 Å². The molecule has 0 aromatic carbocycles. The van der Waals surface area contributed by atoms with Crippen molar-refractivity contribution < 1.29 is 4.74 Å². The molecule has 0 bridgehead atoms. The maximum absolute atomic E-state index is 5.76. The number of hydrogen-bond acceptors (Lipinski definition) is 2. The van der Waals surface area contributed by atoms with Crippen LogP contribution in [-0.2, 0) is 4.74 Å². The fourth-order valence-corrected chi connectivity index (χ4v) is 1.33. The molecule has 0 aliphatic heterocycles. The lowest BCUT2D eigenvalue weighted by Gasteiger charge is -2.30. The average Bonchev–Trinajstić information content (AvgIpc) is 2.00. The summed E-state index contributed by atoms with van der Waals surface area (Å²) in [5, 5.41) is 0. The first kappa shape index (κ1) is 11.9. The van der Waals surface area contributed by atoms with Crippen molar-refractivity contribution in [1.82, 2.24) is 0 Å². The Hall–Kier alpha value is -0.0800. The third-order valence-corrected chi connectivity index (χ3v) is 2.16. The monoisotopic (exact) mass is 173 g/mol. The second-order valence-corrected chi connectivity index (χ2v) is 3.83. The molecule has 2 heteroatoms. The first-order valence-electron chi connectivity index (χ1n) is 4.93. The van der Waals surface area contributed by atoms with Gasteiger partial charge in [-0.05, 0) is 33.1 Å². The fraction of sp³-hybridized carbons (Fsp3) is 1.00. The molecule has 12 heavy (non-hydrogen) atoms. The smallest absolute Gasteiger partial charge is 0.0666 e. The molecule has 0 saturated carbocycles. The minimum absolute atomic E-state index is 0.00975. The zero-order valence-corrected chi connectivity index (χ0v) is 8.89. The van der Waals surface area contributed by atoms with Gasteiger partial charge in [-0.3, -0.25) is 0 Å². The molecule has 0 heterocycles. The molecule has 0 saturated heterocycles. The summed E-state index contributed by atoms with van der Waals surface area (Å²) in [4.78, 5) is 0. The van der Waals surface area contributed by atoms with Crippen LogP contribution in [0.4, 0.5) is 0 Å². The van der Waals surface area contributed by atoms with Gasteiger partial charge in [-0.2, -0.15) is 0 Å². The molecule has 0 spiro atoms. The van der Waals surface area contributed by atoms with Crippen LogP contribution in [0.1, 0.15) is 47.0 Å². The van der Waals surface area contributed by atoms with Crippen LogP contribution in [0.3, 0.4) is 0 Å². The number of nitrogens with two attached hydrogens (primary N) is 1. The summed E-state index contributed by atoms with van der Waals surface area (Å²) in [5.41, 5.74) is 5.74. The SMILES string of the molecule is CCCOC(C)(CC)CC(C)N. The van der Waals surface area contributed by atoms with Crippen molar-refractivity contribution in [3.05, 3.63) is 0 Å². The molecule has 74 valence electrons. The highest BCUT2D eigenvalue weighted by atomic mass is 16.5. The van der Waals surface area contributed by atoms with Gasteiger partial charge in [-0.1, -0.05) is 13.8 Å². The van der Waals surface area contributed by atoms with E-state index in [-0.39, 0.29) is 11.6 Å². The quantitative estimate of drug-likeness (QED) is 0.669. The molecule has 0 amide bonds. The molecule has 0 aliphatic carbocycles. The summed E-state index contributed by atoms with van der Waals surface area (Å²) in [6.45, 7) is 9.30. The summed E-state index contributed by atoms with van der Waals surface area (Å²) in [5.74, 6) is 0. The third kappa shape index (κ3) is 4.73. The van der Waals surface area contributed by atoms with E-state index in [9.17, 15) is 0 Å². The molecule has 0 aliphatic rings. The predicted molar refractivity (Wildman–Crippen MR) is 53.2 cm³/mol. The zero-order valence-electron chi connectivity index (χ0n) is 8.89. The van der Waals surface area contributed by atoms with E-state index in [1.54, 1.807) is 0 Å². The Labute approximate surface area is 76.5 Å². The van der Waals surface area contributed by atoms with E-state index in [2.05, 4.69) is 20.8 Å². The van der Waals surface area contributed by atoms with Crippen molar-refractivity contribution in [2.75, 3.05) is 6.61 Å². The van der Waals surface area contributed by atoms with Gasteiger partial charge in [0.15, 0.2) is 0 Å². The summed E-state index contributed by atoms with van der Waals surface area (Å²) < 4.78 is 5.76. The largest absolute Gasteiger partial charge is 0.375 e. The van der Waals surface area contributed by atoms with Gasteiger partial charge in [0.1, 0.15) is 0 Å². The molecule has 2 nitrogen and oxygen atoms in total. The highest BCUT2D eigenvalue weighted by Gasteiger charge is 2.23. The summed E-state index contributed by atoms with van der Waals surface area (Å²) >= 11 is 0. The highest BCUT2D eigenvalue weighted by Crippen LogP contribution is 2.21. The Bertz CT molecular complexity index is 114. The van der Waals surface area contributed by atoms with Crippen molar-refractivity contribution in [2.24, 2.45) is 5.73 Å². The summed E-state index contributed by atoms with van der Waals surface area (Å²) in [6, 6.07) is 0.229. The van der Waals surface area contributed by atoms with E-state index < -0.39 is 0 Å². The lowest BCUT2D eigenvalue weighted by atomic mass is 9.95. The number of ether oxygens (including phenoxy) is 1. The van der Waals surface area contributed by atoms with Crippen LogP contribution in [0.15, 0.2) is 0 Å². The van der Waals surface area contributed by atoms with Gasteiger partial charge in [0.25, 0.3) is 0 Å².